The van der Waals surface area contributed by atoms with E-state index in [0.29, 0.717) is 58.1 Å². The standard InChI is InChI=1S/C61H29F18N3/c62-56(63,64)37-13-16-42(49(29-37)61(77,78)79)34-10-15-46(55(26-34)82-51-8-4-2-6-44(51)48-25-33(12-18-53(48)82)36-22-40(59(71,72)73)28-41(23-36)60(74,75)76)45-14-9-31(30-80)19-54(45)81-50-7-3-1-5-43(50)47-24-32(11-17-52(47)81)35-20-38(57(65,66)67)27-39(21-35)58(68,69)70/h1-29H. The molecule has 3 nitrogen and oxygen atoms in total. The summed E-state index contributed by atoms with van der Waals surface area (Å²) in [5, 5.41) is 11.6. The first-order chi connectivity index (χ1) is 38.4. The molecule has 9 aromatic carbocycles. The van der Waals surface area contributed by atoms with Gasteiger partial charge in [-0.3, -0.25) is 0 Å². The number of nitrogens with zero attached hydrogens (tertiary/aromatic N) is 3. The Morgan fingerprint density at radius 1 is 0.280 bits per heavy atom. The summed E-state index contributed by atoms with van der Waals surface area (Å²) < 4.78 is 259. The molecule has 0 bridgehead atoms. The van der Waals surface area contributed by atoms with Gasteiger partial charge in [-0.1, -0.05) is 72.8 Å². The lowest BCUT2D eigenvalue weighted by molar-refractivity contribution is -0.144. The van der Waals surface area contributed by atoms with Gasteiger partial charge < -0.3 is 9.13 Å². The lowest BCUT2D eigenvalue weighted by atomic mass is 9.92. The fraction of sp³-hybridized carbons (Fsp3) is 0.0984. The molecule has 414 valence electrons. The summed E-state index contributed by atoms with van der Waals surface area (Å²) in [4.78, 5) is 0. The van der Waals surface area contributed by atoms with E-state index in [4.69, 9.17) is 0 Å². The maximum Gasteiger partial charge on any atom is 0.417 e. The third-order valence-electron chi connectivity index (χ3n) is 14.0. The van der Waals surface area contributed by atoms with Gasteiger partial charge in [0.15, 0.2) is 0 Å². The van der Waals surface area contributed by atoms with Crippen LogP contribution in [-0.2, 0) is 37.1 Å². The number of alkyl halides is 18. The molecule has 0 aliphatic rings. The zero-order valence-electron chi connectivity index (χ0n) is 40.9. The van der Waals surface area contributed by atoms with Crippen molar-refractivity contribution in [3.63, 3.8) is 0 Å². The van der Waals surface area contributed by atoms with Gasteiger partial charge in [-0.2, -0.15) is 84.3 Å². The molecular formula is C61H29F18N3. The van der Waals surface area contributed by atoms with Gasteiger partial charge in [0, 0.05) is 32.7 Å². The first kappa shape index (κ1) is 54.8. The summed E-state index contributed by atoms with van der Waals surface area (Å²) >= 11 is 0. The molecule has 2 heterocycles. The summed E-state index contributed by atoms with van der Waals surface area (Å²) in [5.41, 5.74) is -10.0. The molecule has 0 saturated heterocycles. The van der Waals surface area contributed by atoms with Crippen molar-refractivity contribution in [3.05, 3.63) is 215 Å². The van der Waals surface area contributed by atoms with Gasteiger partial charge in [0.05, 0.1) is 78.5 Å². The maximum atomic E-state index is 15.0. The largest absolute Gasteiger partial charge is 0.417 e. The van der Waals surface area contributed by atoms with Gasteiger partial charge in [-0.05, 0) is 137 Å². The molecule has 0 unspecified atom stereocenters. The molecule has 0 saturated carbocycles. The maximum absolute atomic E-state index is 15.0. The fourth-order valence-electron chi connectivity index (χ4n) is 10.4. The summed E-state index contributed by atoms with van der Waals surface area (Å²) in [6.07, 6.45) is -31.3. The van der Waals surface area contributed by atoms with Crippen LogP contribution < -0.4 is 0 Å². The van der Waals surface area contributed by atoms with E-state index in [1.807, 2.05) is 0 Å². The second-order valence-corrected chi connectivity index (χ2v) is 19.1. The van der Waals surface area contributed by atoms with Crippen molar-refractivity contribution in [2.45, 2.75) is 37.1 Å². The first-order valence-electron chi connectivity index (χ1n) is 24.0. The molecule has 82 heavy (non-hydrogen) atoms. The summed E-state index contributed by atoms with van der Waals surface area (Å²) in [7, 11) is 0. The van der Waals surface area contributed by atoms with Crippen LogP contribution in [0, 0.1) is 11.3 Å². The van der Waals surface area contributed by atoms with Crippen LogP contribution >= 0.6 is 0 Å². The summed E-state index contributed by atoms with van der Waals surface area (Å²) in [5.74, 6) is 0. The van der Waals surface area contributed by atoms with Crippen molar-refractivity contribution >= 4 is 43.6 Å². The second kappa shape index (κ2) is 19.0. The highest BCUT2D eigenvalue weighted by molar-refractivity contribution is 6.13. The highest BCUT2D eigenvalue weighted by Crippen LogP contribution is 2.48. The van der Waals surface area contributed by atoms with Crippen LogP contribution in [0.3, 0.4) is 0 Å². The number of nitriles is 1. The number of rotatable bonds is 6. The van der Waals surface area contributed by atoms with E-state index in [-0.39, 0.29) is 84.9 Å². The van der Waals surface area contributed by atoms with Gasteiger partial charge in [-0.15, -0.1) is 0 Å². The molecular weight excluding hydrogens is 1120 g/mol. The summed E-state index contributed by atoms with van der Waals surface area (Å²) in [6.45, 7) is 0. The Hall–Kier alpha value is -9.19. The van der Waals surface area contributed by atoms with Crippen molar-refractivity contribution in [2.75, 3.05) is 0 Å². The zero-order valence-corrected chi connectivity index (χ0v) is 40.9. The Balaban J connectivity index is 1.20. The number of halogens is 18. The van der Waals surface area contributed by atoms with Gasteiger partial charge >= 0.3 is 37.1 Å². The second-order valence-electron chi connectivity index (χ2n) is 19.1. The van der Waals surface area contributed by atoms with Crippen LogP contribution in [0.15, 0.2) is 176 Å². The highest BCUT2D eigenvalue weighted by atomic mass is 19.4. The summed E-state index contributed by atoms with van der Waals surface area (Å²) in [6, 6.07) is 34.2. The third kappa shape index (κ3) is 9.78. The average molecular weight is 1150 g/mol. The minimum absolute atomic E-state index is 0.00178. The van der Waals surface area contributed by atoms with Crippen molar-refractivity contribution in [3.8, 4) is 62.0 Å². The molecule has 11 rings (SSSR count). The highest BCUT2D eigenvalue weighted by Gasteiger charge is 2.41. The van der Waals surface area contributed by atoms with Gasteiger partial charge in [0.25, 0.3) is 0 Å². The van der Waals surface area contributed by atoms with E-state index < -0.39 is 87.1 Å². The van der Waals surface area contributed by atoms with Crippen molar-refractivity contribution in [1.82, 2.24) is 9.13 Å². The predicted octanol–water partition coefficient (Wildman–Crippen LogP) is 20.5. The molecule has 0 amide bonds. The third-order valence-corrected chi connectivity index (χ3v) is 14.0. The van der Waals surface area contributed by atoms with E-state index in [0.717, 1.165) is 0 Å². The molecule has 0 fully saturated rings. The molecule has 0 N–H and O–H groups in total. The van der Waals surface area contributed by atoms with Gasteiger partial charge in [0.2, 0.25) is 0 Å². The first-order valence-corrected chi connectivity index (χ1v) is 24.0. The monoisotopic (exact) mass is 1150 g/mol. The number of aromatic nitrogens is 2. The van der Waals surface area contributed by atoms with Crippen molar-refractivity contribution in [2.24, 2.45) is 0 Å². The van der Waals surface area contributed by atoms with E-state index in [2.05, 4.69) is 6.07 Å². The van der Waals surface area contributed by atoms with Crippen molar-refractivity contribution in [1.29, 1.82) is 5.26 Å². The Morgan fingerprint density at radius 2 is 0.659 bits per heavy atom. The number of para-hydroxylation sites is 2. The zero-order chi connectivity index (χ0) is 58.8. The van der Waals surface area contributed by atoms with Crippen LogP contribution in [0.2, 0.25) is 0 Å². The molecule has 11 aromatic rings. The molecule has 2 aromatic heterocycles. The Labute approximate surface area is 449 Å². The molecule has 21 heteroatoms. The Bertz CT molecular complexity index is 4380. The molecule has 0 aliphatic heterocycles. The molecule has 0 spiro atoms. The average Bonchev–Trinajstić information content (AvgIpc) is 2.18. The quantitative estimate of drug-likeness (QED) is 0.153. The van der Waals surface area contributed by atoms with Gasteiger partial charge in [0.1, 0.15) is 0 Å². The van der Waals surface area contributed by atoms with Gasteiger partial charge in [-0.25, -0.2) is 0 Å². The predicted molar refractivity (Wildman–Crippen MR) is 272 cm³/mol. The number of hydrogen-bond acceptors (Lipinski definition) is 1. The Kier molecular flexibility index (Phi) is 12.7. The topological polar surface area (TPSA) is 33.6 Å². The SMILES string of the molecule is N#Cc1ccc(-c2ccc(-c3ccc(C(F)(F)F)cc3C(F)(F)F)cc2-n2c3ccccc3c3cc(-c4cc(C(F)(F)F)cc(C(F)(F)F)c4)ccc32)c(-n2c3ccccc3c3cc(-c4cc(C(F)(F)F)cc(C(F)(F)F)c4)ccc32)c1. The number of fused-ring (bicyclic) bond motifs is 6. The molecule has 0 radical (unpaired) electrons. The lowest BCUT2D eigenvalue weighted by Gasteiger charge is -2.21. The fourth-order valence-corrected chi connectivity index (χ4v) is 10.4. The lowest BCUT2D eigenvalue weighted by Crippen LogP contribution is -2.12. The number of hydrogen-bond donors (Lipinski definition) is 0. The van der Waals surface area contributed by atoms with E-state index >= 15 is 0 Å². The van der Waals surface area contributed by atoms with E-state index in [1.54, 1.807) is 53.1 Å². The normalized spacial score (nSPS) is 13.0. The molecule has 0 atom stereocenters. The minimum atomic E-state index is -5.37. The van der Waals surface area contributed by atoms with E-state index in [9.17, 15) is 84.3 Å². The Morgan fingerprint density at radius 3 is 1.07 bits per heavy atom. The van der Waals surface area contributed by atoms with Crippen molar-refractivity contribution < 1.29 is 79.0 Å². The molecule has 0 aliphatic carbocycles. The number of benzene rings is 9. The van der Waals surface area contributed by atoms with Crippen LogP contribution in [0.25, 0.3) is 99.5 Å². The van der Waals surface area contributed by atoms with E-state index in [1.165, 1.54) is 77.4 Å². The van der Waals surface area contributed by atoms with Crippen LogP contribution in [0.4, 0.5) is 79.0 Å². The van der Waals surface area contributed by atoms with Crippen LogP contribution in [0.1, 0.15) is 38.9 Å². The van der Waals surface area contributed by atoms with Crippen LogP contribution in [0.5, 0.6) is 0 Å². The minimum Gasteiger partial charge on any atom is -0.309 e. The van der Waals surface area contributed by atoms with Crippen LogP contribution in [-0.4, -0.2) is 9.13 Å². The smallest absolute Gasteiger partial charge is 0.309 e.